The van der Waals surface area contributed by atoms with Crippen LogP contribution in [0.3, 0.4) is 0 Å². The molecular formula is C5H6Si. The minimum Gasteiger partial charge on any atom is -0.0976 e. The van der Waals surface area contributed by atoms with Crippen molar-refractivity contribution in [3.8, 4) is 0 Å². The van der Waals surface area contributed by atoms with Crippen LogP contribution in [0.5, 0.6) is 0 Å². The van der Waals surface area contributed by atoms with Crippen molar-refractivity contribution in [2.24, 2.45) is 0 Å². The summed E-state index contributed by atoms with van der Waals surface area (Å²) in [7, 11) is 0.941. The van der Waals surface area contributed by atoms with E-state index < -0.39 is 0 Å². The van der Waals surface area contributed by atoms with Gasteiger partial charge in [-0.3, -0.25) is 0 Å². The fraction of sp³-hybridized carbons (Fsp3) is 0.200. The van der Waals surface area contributed by atoms with Crippen LogP contribution < -0.4 is 0 Å². The summed E-state index contributed by atoms with van der Waals surface area (Å²) in [5.41, 5.74) is 4.42. The van der Waals surface area contributed by atoms with Crippen molar-refractivity contribution in [2.45, 2.75) is 6.42 Å². The molecule has 30 valence electrons. The van der Waals surface area contributed by atoms with Gasteiger partial charge in [0, 0.05) is 0 Å². The normalized spacial score (nSPS) is 18.7. The Morgan fingerprint density at radius 1 is 1.17 bits per heavy atom. The Balaban J connectivity index is 2.40. The summed E-state index contributed by atoms with van der Waals surface area (Å²) in [6.45, 7) is 0. The van der Waals surface area contributed by atoms with E-state index in [1.807, 2.05) is 0 Å². The maximum absolute atomic E-state index is 2.21. The van der Waals surface area contributed by atoms with Crippen molar-refractivity contribution in [3.63, 3.8) is 0 Å². The summed E-state index contributed by atoms with van der Waals surface area (Å²) in [5.74, 6) is 0. The fourth-order valence-corrected chi connectivity index (χ4v) is 1.06. The molecule has 0 spiro atoms. The van der Waals surface area contributed by atoms with Gasteiger partial charge in [0.1, 0.15) is 9.52 Å². The molecule has 0 aromatic carbocycles. The van der Waals surface area contributed by atoms with E-state index in [9.17, 15) is 0 Å². The molecule has 0 aromatic rings. The Morgan fingerprint density at radius 3 is 2.00 bits per heavy atom. The van der Waals surface area contributed by atoms with Crippen LogP contribution in [0.1, 0.15) is 6.42 Å². The van der Waals surface area contributed by atoms with E-state index in [0.29, 0.717) is 0 Å². The third-order valence-corrected chi connectivity index (χ3v) is 1.56. The van der Waals surface area contributed by atoms with E-state index in [1.54, 1.807) is 0 Å². The van der Waals surface area contributed by atoms with Gasteiger partial charge in [-0.25, -0.2) is 0 Å². The first kappa shape index (κ1) is 3.87. The van der Waals surface area contributed by atoms with Crippen molar-refractivity contribution in [2.75, 3.05) is 0 Å². The molecule has 1 heteroatoms. The highest BCUT2D eigenvalue weighted by atomic mass is 28.2. The van der Waals surface area contributed by atoms with Crippen LogP contribution in [0.4, 0.5) is 0 Å². The topological polar surface area (TPSA) is 0 Å². The number of rotatable bonds is 0. The minimum atomic E-state index is 0.941. The van der Waals surface area contributed by atoms with Crippen LogP contribution in [-0.2, 0) is 0 Å². The van der Waals surface area contributed by atoms with Gasteiger partial charge in [-0.2, -0.15) is 0 Å². The number of hydrogen-bond acceptors (Lipinski definition) is 0. The maximum atomic E-state index is 2.21. The molecule has 1 rings (SSSR count). The molecule has 1 heterocycles. The Labute approximate surface area is 40.4 Å². The highest BCUT2D eigenvalue weighted by Gasteiger charge is 1.77. The second-order valence-corrected chi connectivity index (χ2v) is 2.21. The molecule has 0 aromatic heterocycles. The third-order valence-electron chi connectivity index (χ3n) is 0.700. The van der Waals surface area contributed by atoms with Gasteiger partial charge in [0.05, 0.1) is 0 Å². The monoisotopic (exact) mass is 94.0 g/mol. The molecule has 0 unspecified atom stereocenters. The van der Waals surface area contributed by atoms with Crippen molar-refractivity contribution in [1.82, 2.24) is 0 Å². The molecule has 0 saturated carbocycles. The first-order chi connectivity index (χ1) is 3.00. The first-order valence-corrected chi connectivity index (χ1v) is 3.22. The van der Waals surface area contributed by atoms with E-state index >= 15 is 0 Å². The van der Waals surface area contributed by atoms with Gasteiger partial charge in [0.25, 0.3) is 0 Å². The standard InChI is InChI=1S/C5H6Si/c1-2-4-6-5-3-1/h2-5H,1H2. The van der Waals surface area contributed by atoms with Crippen LogP contribution in [-0.4, -0.2) is 9.52 Å². The molecule has 0 bridgehead atoms. The molecule has 6 heavy (non-hydrogen) atoms. The number of allylic oxidation sites excluding steroid dienone is 2. The van der Waals surface area contributed by atoms with Gasteiger partial charge in [-0.15, -0.1) is 0 Å². The zero-order valence-electron chi connectivity index (χ0n) is 3.52. The Kier molecular flexibility index (Phi) is 1.28. The lowest BCUT2D eigenvalue weighted by molar-refractivity contribution is 1.40. The summed E-state index contributed by atoms with van der Waals surface area (Å²) in [6.07, 6.45) is 5.53. The second-order valence-electron chi connectivity index (χ2n) is 1.21. The first-order valence-electron chi connectivity index (χ1n) is 2.06. The molecule has 0 nitrogen and oxygen atoms in total. The average Bonchev–Trinajstić information content (AvgIpc) is 1.72. The zero-order valence-corrected chi connectivity index (χ0v) is 4.52. The van der Waals surface area contributed by atoms with Crippen molar-refractivity contribution < 1.29 is 0 Å². The van der Waals surface area contributed by atoms with Crippen molar-refractivity contribution in [1.29, 1.82) is 0 Å². The highest BCUT2D eigenvalue weighted by Crippen LogP contribution is 1.89. The lowest BCUT2D eigenvalue weighted by Crippen LogP contribution is -1.80. The summed E-state index contributed by atoms with van der Waals surface area (Å²) >= 11 is 0. The van der Waals surface area contributed by atoms with Gasteiger partial charge in [-0.1, -0.05) is 23.6 Å². The molecule has 1 aliphatic heterocycles. The van der Waals surface area contributed by atoms with Crippen LogP contribution in [0.25, 0.3) is 0 Å². The van der Waals surface area contributed by atoms with Crippen molar-refractivity contribution >= 4 is 9.52 Å². The predicted molar refractivity (Wildman–Crippen MR) is 28.7 cm³/mol. The molecule has 0 N–H and O–H groups in total. The zero-order chi connectivity index (χ0) is 4.24. The lowest BCUT2D eigenvalue weighted by atomic mass is 10.4. The molecule has 0 fully saturated rings. The van der Waals surface area contributed by atoms with Crippen molar-refractivity contribution in [3.05, 3.63) is 23.6 Å². The number of hydrogen-bond donors (Lipinski definition) is 0. The van der Waals surface area contributed by atoms with E-state index in [2.05, 4.69) is 23.6 Å². The second kappa shape index (κ2) is 1.98. The largest absolute Gasteiger partial charge is 0.100 e. The summed E-state index contributed by atoms with van der Waals surface area (Å²) in [5, 5.41) is 0. The van der Waals surface area contributed by atoms with Gasteiger partial charge in [-0.05, 0) is 6.42 Å². The molecule has 0 aliphatic carbocycles. The molecular weight excluding hydrogens is 88.1 g/mol. The van der Waals surface area contributed by atoms with Gasteiger partial charge in [0.15, 0.2) is 0 Å². The maximum Gasteiger partial charge on any atom is 0.100 e. The fourth-order valence-electron chi connectivity index (χ4n) is 0.406. The van der Waals surface area contributed by atoms with E-state index in [4.69, 9.17) is 0 Å². The summed E-state index contributed by atoms with van der Waals surface area (Å²) < 4.78 is 0. The van der Waals surface area contributed by atoms with Gasteiger partial charge < -0.3 is 0 Å². The Bertz CT molecular complexity index is 61.9. The van der Waals surface area contributed by atoms with E-state index in [0.717, 1.165) is 15.9 Å². The average molecular weight is 94.2 g/mol. The van der Waals surface area contributed by atoms with Gasteiger partial charge in [0.2, 0.25) is 0 Å². The summed E-state index contributed by atoms with van der Waals surface area (Å²) in [6, 6.07) is 0. The van der Waals surface area contributed by atoms with Gasteiger partial charge >= 0.3 is 0 Å². The Hall–Kier alpha value is -0.303. The van der Waals surface area contributed by atoms with E-state index in [1.165, 1.54) is 0 Å². The lowest BCUT2D eigenvalue weighted by Gasteiger charge is -1.85. The van der Waals surface area contributed by atoms with Crippen LogP contribution in [0, 0.1) is 0 Å². The molecule has 0 amide bonds. The van der Waals surface area contributed by atoms with Crippen LogP contribution in [0.2, 0.25) is 0 Å². The van der Waals surface area contributed by atoms with Crippen LogP contribution in [0.15, 0.2) is 23.6 Å². The molecule has 0 saturated heterocycles. The Morgan fingerprint density at radius 2 is 1.83 bits per heavy atom. The molecule has 1 aliphatic rings. The molecule has 0 atom stereocenters. The highest BCUT2D eigenvalue weighted by molar-refractivity contribution is 6.48. The predicted octanol–water partition coefficient (Wildman–Crippen LogP) is 1.12. The third kappa shape index (κ3) is 0.828. The summed E-state index contributed by atoms with van der Waals surface area (Å²) in [4.78, 5) is 0. The quantitative estimate of drug-likeness (QED) is 0.395. The van der Waals surface area contributed by atoms with Crippen LogP contribution >= 0.6 is 0 Å². The van der Waals surface area contributed by atoms with E-state index in [-0.39, 0.29) is 0 Å². The molecule has 2 radical (unpaired) electrons. The SMILES string of the molecule is C1=C[Si]C=CC1. The minimum absolute atomic E-state index is 0.941. The smallest absolute Gasteiger partial charge is 0.0976 e.